The SMILES string of the molecule is O=C(CC(=O)c1ccco1)c1ccco1. The van der Waals surface area contributed by atoms with Crippen LogP contribution < -0.4 is 0 Å². The molecule has 0 radical (unpaired) electrons. The van der Waals surface area contributed by atoms with E-state index in [1.54, 1.807) is 12.1 Å². The lowest BCUT2D eigenvalue weighted by Crippen LogP contribution is -2.06. The zero-order chi connectivity index (χ0) is 10.7. The molecule has 0 unspecified atom stereocenters. The van der Waals surface area contributed by atoms with Gasteiger partial charge in [0.15, 0.2) is 11.5 Å². The summed E-state index contributed by atoms with van der Waals surface area (Å²) in [6.45, 7) is 0. The summed E-state index contributed by atoms with van der Waals surface area (Å²) in [5, 5.41) is 0. The van der Waals surface area contributed by atoms with Gasteiger partial charge in [0.1, 0.15) is 0 Å². The fourth-order valence-electron chi connectivity index (χ4n) is 1.19. The number of Topliss-reactive ketones (excluding diaryl/α,β-unsaturated/α-hetero) is 2. The van der Waals surface area contributed by atoms with Gasteiger partial charge < -0.3 is 8.83 Å². The van der Waals surface area contributed by atoms with E-state index in [-0.39, 0.29) is 29.5 Å². The third-order valence-electron chi connectivity index (χ3n) is 1.91. The Balaban J connectivity index is 2.04. The fraction of sp³-hybridized carbons (Fsp3) is 0.0909. The molecule has 0 aliphatic heterocycles. The van der Waals surface area contributed by atoms with E-state index in [1.807, 2.05) is 0 Å². The van der Waals surface area contributed by atoms with Crippen LogP contribution in [0.15, 0.2) is 45.6 Å². The van der Waals surface area contributed by atoms with Gasteiger partial charge in [-0.3, -0.25) is 9.59 Å². The summed E-state index contributed by atoms with van der Waals surface area (Å²) in [6, 6.07) is 6.25. The molecule has 0 aliphatic carbocycles. The maximum absolute atomic E-state index is 11.5. The van der Waals surface area contributed by atoms with Crippen molar-refractivity contribution < 1.29 is 18.4 Å². The highest BCUT2D eigenvalue weighted by atomic mass is 16.3. The normalized spacial score (nSPS) is 10.1. The molecule has 2 aromatic rings. The standard InChI is InChI=1S/C11H8O4/c12-8(10-3-1-5-14-10)7-9(13)11-4-2-6-15-11/h1-6H,7H2. The third-order valence-corrected chi connectivity index (χ3v) is 1.91. The van der Waals surface area contributed by atoms with Crippen LogP contribution in [0.3, 0.4) is 0 Å². The Bertz CT molecular complexity index is 407. The molecule has 0 bridgehead atoms. The zero-order valence-electron chi connectivity index (χ0n) is 7.80. The van der Waals surface area contributed by atoms with Crippen LogP contribution in [0.25, 0.3) is 0 Å². The Labute approximate surface area is 85.5 Å². The van der Waals surface area contributed by atoms with Crippen molar-refractivity contribution in [1.29, 1.82) is 0 Å². The molecular weight excluding hydrogens is 196 g/mol. The maximum atomic E-state index is 11.5. The number of furan rings is 2. The molecule has 2 heterocycles. The Kier molecular flexibility index (Phi) is 2.49. The van der Waals surface area contributed by atoms with Gasteiger partial charge in [0.2, 0.25) is 11.6 Å². The molecule has 2 aromatic heterocycles. The van der Waals surface area contributed by atoms with Crippen molar-refractivity contribution >= 4 is 11.6 Å². The predicted octanol–water partition coefficient (Wildman–Crippen LogP) is 2.33. The number of hydrogen-bond acceptors (Lipinski definition) is 4. The van der Waals surface area contributed by atoms with E-state index in [0.29, 0.717) is 0 Å². The first-order chi connectivity index (χ1) is 7.27. The molecule has 0 N–H and O–H groups in total. The highest BCUT2D eigenvalue weighted by Crippen LogP contribution is 2.09. The molecule has 76 valence electrons. The molecule has 4 heteroatoms. The van der Waals surface area contributed by atoms with Gasteiger partial charge >= 0.3 is 0 Å². The average molecular weight is 204 g/mol. The predicted molar refractivity (Wildman–Crippen MR) is 50.7 cm³/mol. The summed E-state index contributed by atoms with van der Waals surface area (Å²) >= 11 is 0. The lowest BCUT2D eigenvalue weighted by molar-refractivity contribution is 0.0863. The lowest BCUT2D eigenvalue weighted by Gasteiger charge is -1.94. The van der Waals surface area contributed by atoms with Gasteiger partial charge in [0, 0.05) is 0 Å². The van der Waals surface area contributed by atoms with E-state index in [1.165, 1.54) is 24.7 Å². The summed E-state index contributed by atoms with van der Waals surface area (Å²) < 4.78 is 9.76. The molecular formula is C11H8O4. The van der Waals surface area contributed by atoms with E-state index in [4.69, 9.17) is 8.83 Å². The molecule has 0 amide bonds. The molecule has 0 fully saturated rings. The van der Waals surface area contributed by atoms with E-state index in [2.05, 4.69) is 0 Å². The van der Waals surface area contributed by atoms with Crippen LogP contribution in [0.5, 0.6) is 0 Å². The second-order valence-electron chi connectivity index (χ2n) is 2.98. The Morgan fingerprint density at radius 1 is 0.933 bits per heavy atom. The fourth-order valence-corrected chi connectivity index (χ4v) is 1.19. The van der Waals surface area contributed by atoms with Gasteiger partial charge in [-0.1, -0.05) is 0 Å². The summed E-state index contributed by atoms with van der Waals surface area (Å²) in [7, 11) is 0. The van der Waals surface area contributed by atoms with Crippen molar-refractivity contribution in [2.45, 2.75) is 6.42 Å². The number of rotatable bonds is 4. The highest BCUT2D eigenvalue weighted by Gasteiger charge is 2.17. The van der Waals surface area contributed by atoms with Gasteiger partial charge in [-0.15, -0.1) is 0 Å². The Morgan fingerprint density at radius 2 is 1.40 bits per heavy atom. The molecule has 0 saturated carbocycles. The van der Waals surface area contributed by atoms with Crippen molar-refractivity contribution in [3.63, 3.8) is 0 Å². The summed E-state index contributed by atoms with van der Waals surface area (Å²) in [6.07, 6.45) is 2.55. The minimum Gasteiger partial charge on any atom is -0.461 e. The summed E-state index contributed by atoms with van der Waals surface area (Å²) in [4.78, 5) is 22.9. The zero-order valence-corrected chi connectivity index (χ0v) is 7.80. The van der Waals surface area contributed by atoms with Crippen LogP contribution in [-0.2, 0) is 0 Å². The summed E-state index contributed by atoms with van der Waals surface area (Å²) in [5.74, 6) is -0.312. The largest absolute Gasteiger partial charge is 0.461 e. The first-order valence-corrected chi connectivity index (χ1v) is 4.41. The quantitative estimate of drug-likeness (QED) is 0.566. The second-order valence-corrected chi connectivity index (χ2v) is 2.98. The smallest absolute Gasteiger partial charge is 0.205 e. The van der Waals surface area contributed by atoms with Crippen LogP contribution in [0.2, 0.25) is 0 Å². The minimum absolute atomic E-state index is 0.190. The van der Waals surface area contributed by atoms with Crippen molar-refractivity contribution in [3.05, 3.63) is 48.3 Å². The summed E-state index contributed by atoms with van der Waals surface area (Å²) in [5.41, 5.74) is 0. The van der Waals surface area contributed by atoms with Crippen molar-refractivity contribution in [2.75, 3.05) is 0 Å². The van der Waals surface area contributed by atoms with Gasteiger partial charge in [0.25, 0.3) is 0 Å². The van der Waals surface area contributed by atoms with E-state index >= 15 is 0 Å². The molecule has 0 atom stereocenters. The van der Waals surface area contributed by atoms with Crippen molar-refractivity contribution in [3.8, 4) is 0 Å². The first kappa shape index (κ1) is 9.45. The third kappa shape index (κ3) is 2.04. The molecule has 0 aromatic carbocycles. The molecule has 2 rings (SSSR count). The number of ketones is 2. The number of carbonyl (C=O) groups excluding carboxylic acids is 2. The van der Waals surface area contributed by atoms with E-state index < -0.39 is 0 Å². The van der Waals surface area contributed by atoms with Crippen LogP contribution in [0.1, 0.15) is 27.5 Å². The monoisotopic (exact) mass is 204 g/mol. The Morgan fingerprint density at radius 3 is 1.73 bits per heavy atom. The van der Waals surface area contributed by atoms with Gasteiger partial charge in [0.05, 0.1) is 18.9 Å². The molecule has 0 aliphatic rings. The van der Waals surface area contributed by atoms with Gasteiger partial charge in [-0.2, -0.15) is 0 Å². The maximum Gasteiger partial charge on any atom is 0.205 e. The topological polar surface area (TPSA) is 60.4 Å². The first-order valence-electron chi connectivity index (χ1n) is 4.41. The van der Waals surface area contributed by atoms with Crippen LogP contribution in [-0.4, -0.2) is 11.6 Å². The van der Waals surface area contributed by atoms with E-state index in [0.717, 1.165) is 0 Å². The Hall–Kier alpha value is -2.10. The lowest BCUT2D eigenvalue weighted by atomic mass is 10.1. The minimum atomic E-state index is -0.346. The van der Waals surface area contributed by atoms with Crippen LogP contribution in [0, 0.1) is 0 Å². The van der Waals surface area contributed by atoms with Gasteiger partial charge in [-0.25, -0.2) is 0 Å². The molecule has 0 saturated heterocycles. The van der Waals surface area contributed by atoms with Crippen molar-refractivity contribution in [1.82, 2.24) is 0 Å². The van der Waals surface area contributed by atoms with Crippen LogP contribution >= 0.6 is 0 Å². The van der Waals surface area contributed by atoms with Crippen LogP contribution in [0.4, 0.5) is 0 Å². The van der Waals surface area contributed by atoms with Gasteiger partial charge in [-0.05, 0) is 24.3 Å². The highest BCUT2D eigenvalue weighted by molar-refractivity contribution is 6.11. The van der Waals surface area contributed by atoms with E-state index in [9.17, 15) is 9.59 Å². The molecule has 4 nitrogen and oxygen atoms in total. The number of hydrogen-bond donors (Lipinski definition) is 0. The van der Waals surface area contributed by atoms with Crippen molar-refractivity contribution in [2.24, 2.45) is 0 Å². The second kappa shape index (κ2) is 3.96. The number of carbonyl (C=O) groups is 2. The molecule has 15 heavy (non-hydrogen) atoms. The molecule has 0 spiro atoms. The average Bonchev–Trinajstić information content (AvgIpc) is 2.91.